The van der Waals surface area contributed by atoms with Gasteiger partial charge in [-0.1, -0.05) is 237 Å². The van der Waals surface area contributed by atoms with E-state index in [1.807, 2.05) is 0 Å². The lowest BCUT2D eigenvalue weighted by molar-refractivity contribution is -0.163. The van der Waals surface area contributed by atoms with E-state index in [0.29, 0.717) is 26.1 Å². The lowest BCUT2D eigenvalue weighted by Gasteiger charge is -2.18. The van der Waals surface area contributed by atoms with Crippen LogP contribution in [0, 0.1) is 0 Å². The number of unbranched alkanes of at least 4 members (excludes halogenated alkanes) is 30. The summed E-state index contributed by atoms with van der Waals surface area (Å²) < 4.78 is 17.4. The molecule has 0 saturated carbocycles. The van der Waals surface area contributed by atoms with Gasteiger partial charge in [0.15, 0.2) is 6.10 Å². The molecule has 0 aromatic carbocycles. The quantitative estimate of drug-likeness (QED) is 0.0348. The Hall–Kier alpha value is -1.88. The zero-order chi connectivity index (χ0) is 42.1. The van der Waals surface area contributed by atoms with Crippen molar-refractivity contribution in [2.24, 2.45) is 0 Å². The summed E-state index contributed by atoms with van der Waals surface area (Å²) in [5.74, 6) is -0.394. The molecule has 0 aliphatic heterocycles. The molecule has 0 aliphatic carbocycles. The average Bonchev–Trinajstić information content (AvgIpc) is 3.22. The molecule has 1 unspecified atom stereocenters. The number of carbonyl (C=O) groups is 2. The Balaban J connectivity index is 4.20. The largest absolute Gasteiger partial charge is 0.462 e. The van der Waals surface area contributed by atoms with Crippen molar-refractivity contribution < 1.29 is 23.8 Å². The number of allylic oxidation sites excluding steroid dienone is 6. The van der Waals surface area contributed by atoms with Gasteiger partial charge in [0.05, 0.1) is 6.61 Å². The Labute approximate surface area is 361 Å². The number of hydrogen-bond acceptors (Lipinski definition) is 5. The maximum Gasteiger partial charge on any atom is 0.306 e. The van der Waals surface area contributed by atoms with Crippen molar-refractivity contribution >= 4 is 11.9 Å². The summed E-state index contributed by atoms with van der Waals surface area (Å²) in [7, 11) is 0. The highest BCUT2D eigenvalue weighted by Crippen LogP contribution is 2.16. The van der Waals surface area contributed by atoms with Crippen molar-refractivity contribution in [1.82, 2.24) is 0 Å². The van der Waals surface area contributed by atoms with Crippen LogP contribution in [0.5, 0.6) is 0 Å². The minimum absolute atomic E-state index is 0.0858. The Kier molecular flexibility index (Phi) is 47.9. The normalized spacial score (nSPS) is 12.4. The molecule has 0 spiro atoms. The third kappa shape index (κ3) is 46.8. The second kappa shape index (κ2) is 49.5. The second-order valence-electron chi connectivity index (χ2n) is 17.1. The van der Waals surface area contributed by atoms with Crippen molar-refractivity contribution in [2.45, 2.75) is 271 Å². The van der Waals surface area contributed by atoms with Crippen LogP contribution in [0.25, 0.3) is 0 Å². The molecule has 0 aliphatic rings. The number of hydrogen-bond donors (Lipinski definition) is 0. The maximum atomic E-state index is 12.8. The molecule has 0 rings (SSSR count). The summed E-state index contributed by atoms with van der Waals surface area (Å²) in [6, 6.07) is 0. The van der Waals surface area contributed by atoms with Crippen molar-refractivity contribution in [3.63, 3.8) is 0 Å². The molecule has 0 amide bonds. The van der Waals surface area contributed by atoms with Crippen LogP contribution in [0.4, 0.5) is 0 Å². The van der Waals surface area contributed by atoms with Gasteiger partial charge >= 0.3 is 11.9 Å². The summed E-state index contributed by atoms with van der Waals surface area (Å²) in [6.45, 7) is 7.75. The first-order valence-corrected chi connectivity index (χ1v) is 25.5. The van der Waals surface area contributed by atoms with Crippen molar-refractivity contribution in [3.05, 3.63) is 36.5 Å². The Morgan fingerprint density at radius 3 is 1.24 bits per heavy atom. The van der Waals surface area contributed by atoms with E-state index >= 15 is 0 Å². The second-order valence-corrected chi connectivity index (χ2v) is 17.1. The molecule has 0 heterocycles. The first-order chi connectivity index (χ1) is 28.6. The molecular weight excluding hydrogens is 717 g/mol. The fourth-order valence-electron chi connectivity index (χ4n) is 7.41. The van der Waals surface area contributed by atoms with Gasteiger partial charge in [0.2, 0.25) is 0 Å². The van der Waals surface area contributed by atoms with Crippen LogP contribution in [0.1, 0.15) is 265 Å². The van der Waals surface area contributed by atoms with E-state index in [0.717, 1.165) is 64.2 Å². The first kappa shape index (κ1) is 56.1. The lowest BCUT2D eigenvalue weighted by Crippen LogP contribution is -2.30. The van der Waals surface area contributed by atoms with E-state index in [2.05, 4.69) is 57.2 Å². The molecule has 0 aromatic heterocycles. The van der Waals surface area contributed by atoms with Gasteiger partial charge in [0.25, 0.3) is 0 Å². The van der Waals surface area contributed by atoms with Crippen LogP contribution in [0.3, 0.4) is 0 Å². The standard InChI is InChI=1S/C53H98O5/c1-4-7-10-13-16-19-22-24-26-27-29-30-32-34-37-40-43-46-52(54)57-50-51(49-56-48-45-42-39-36-21-18-15-12-9-6-3)58-53(55)47-44-41-38-35-33-31-28-25-23-20-17-14-11-8-5-2/h7,10,16,19,24,26,51H,4-6,8-9,11-15,17-18,20-23,25,27-50H2,1-3H3/b10-7-,19-16-,26-24-. The number of esters is 2. The first-order valence-electron chi connectivity index (χ1n) is 25.5. The van der Waals surface area contributed by atoms with Gasteiger partial charge in [-0.05, 0) is 51.4 Å². The predicted octanol–water partition coefficient (Wildman–Crippen LogP) is 17.0. The van der Waals surface area contributed by atoms with Crippen LogP contribution in [-0.2, 0) is 23.8 Å². The predicted molar refractivity (Wildman–Crippen MR) is 252 cm³/mol. The van der Waals surface area contributed by atoms with Crippen LogP contribution >= 0.6 is 0 Å². The summed E-state index contributed by atoms with van der Waals surface area (Å²) in [4.78, 5) is 25.4. The Morgan fingerprint density at radius 2 is 0.776 bits per heavy atom. The molecule has 340 valence electrons. The number of carbonyl (C=O) groups excluding carboxylic acids is 2. The van der Waals surface area contributed by atoms with E-state index in [-0.39, 0.29) is 18.5 Å². The van der Waals surface area contributed by atoms with E-state index in [9.17, 15) is 9.59 Å². The highest BCUT2D eigenvalue weighted by molar-refractivity contribution is 5.70. The van der Waals surface area contributed by atoms with E-state index in [1.54, 1.807) is 0 Å². The highest BCUT2D eigenvalue weighted by atomic mass is 16.6. The smallest absolute Gasteiger partial charge is 0.306 e. The maximum absolute atomic E-state index is 12.8. The van der Waals surface area contributed by atoms with Gasteiger partial charge in [-0.15, -0.1) is 0 Å². The molecular formula is C53H98O5. The minimum Gasteiger partial charge on any atom is -0.462 e. The molecule has 0 N–H and O–H groups in total. The molecule has 0 fully saturated rings. The molecule has 5 heteroatoms. The van der Waals surface area contributed by atoms with Gasteiger partial charge in [0, 0.05) is 19.4 Å². The van der Waals surface area contributed by atoms with E-state index in [1.165, 1.54) is 167 Å². The van der Waals surface area contributed by atoms with Crippen molar-refractivity contribution in [1.29, 1.82) is 0 Å². The molecule has 5 nitrogen and oxygen atoms in total. The van der Waals surface area contributed by atoms with Gasteiger partial charge in [-0.3, -0.25) is 9.59 Å². The summed E-state index contributed by atoms with van der Waals surface area (Å²) in [5.41, 5.74) is 0. The van der Waals surface area contributed by atoms with Gasteiger partial charge < -0.3 is 14.2 Å². The van der Waals surface area contributed by atoms with Crippen LogP contribution in [-0.4, -0.2) is 37.9 Å². The fourth-order valence-corrected chi connectivity index (χ4v) is 7.41. The van der Waals surface area contributed by atoms with E-state index in [4.69, 9.17) is 14.2 Å². The van der Waals surface area contributed by atoms with Crippen LogP contribution in [0.15, 0.2) is 36.5 Å². The average molecular weight is 815 g/mol. The number of rotatable bonds is 47. The summed E-state index contributed by atoms with van der Waals surface area (Å²) in [5, 5.41) is 0. The third-order valence-corrected chi connectivity index (χ3v) is 11.2. The topological polar surface area (TPSA) is 61.8 Å². The molecule has 0 aromatic rings. The Bertz CT molecular complexity index is 924. The monoisotopic (exact) mass is 815 g/mol. The molecule has 1 atom stereocenters. The molecule has 58 heavy (non-hydrogen) atoms. The molecule has 0 bridgehead atoms. The highest BCUT2D eigenvalue weighted by Gasteiger charge is 2.17. The van der Waals surface area contributed by atoms with Gasteiger partial charge in [0.1, 0.15) is 6.61 Å². The number of ether oxygens (including phenoxy) is 3. The fraction of sp³-hybridized carbons (Fsp3) is 0.849. The van der Waals surface area contributed by atoms with Crippen molar-refractivity contribution in [2.75, 3.05) is 19.8 Å². The van der Waals surface area contributed by atoms with Crippen molar-refractivity contribution in [3.8, 4) is 0 Å². The summed E-state index contributed by atoms with van der Waals surface area (Å²) in [6.07, 6.45) is 58.6. The van der Waals surface area contributed by atoms with Gasteiger partial charge in [-0.25, -0.2) is 0 Å². The Morgan fingerprint density at radius 1 is 0.397 bits per heavy atom. The zero-order valence-corrected chi connectivity index (χ0v) is 39.1. The third-order valence-electron chi connectivity index (χ3n) is 11.2. The molecule has 0 saturated heterocycles. The van der Waals surface area contributed by atoms with Crippen LogP contribution in [0.2, 0.25) is 0 Å². The summed E-state index contributed by atoms with van der Waals surface area (Å²) >= 11 is 0. The van der Waals surface area contributed by atoms with E-state index < -0.39 is 6.10 Å². The molecule has 0 radical (unpaired) electrons. The lowest BCUT2D eigenvalue weighted by atomic mass is 10.0. The zero-order valence-electron chi connectivity index (χ0n) is 39.1. The SMILES string of the molecule is CC/C=C\C/C=C\C/C=C\CCCCCCCCCC(=O)OCC(COCCCCCCCCCCCC)OC(=O)CCCCCCCCCCCCCCCCC. The minimum atomic E-state index is -0.532. The van der Waals surface area contributed by atoms with Gasteiger partial charge in [-0.2, -0.15) is 0 Å². The van der Waals surface area contributed by atoms with Crippen LogP contribution < -0.4 is 0 Å².